The van der Waals surface area contributed by atoms with Gasteiger partial charge in [0.05, 0.1) is 0 Å². The summed E-state index contributed by atoms with van der Waals surface area (Å²) in [5.74, 6) is 0. The van der Waals surface area contributed by atoms with Crippen LogP contribution in [-0.2, 0) is 14.3 Å². The van der Waals surface area contributed by atoms with Crippen molar-refractivity contribution in [1.29, 1.82) is 0 Å². The van der Waals surface area contributed by atoms with E-state index >= 15 is 0 Å². The molecule has 0 aliphatic carbocycles. The summed E-state index contributed by atoms with van der Waals surface area (Å²) in [6.45, 7) is 0. The van der Waals surface area contributed by atoms with Crippen molar-refractivity contribution in [2.24, 2.45) is 0 Å². The maximum absolute atomic E-state index is 11.7. The first kappa shape index (κ1) is 15.2. The fraction of sp³-hybridized carbons (Fsp3) is 0. The molecule has 0 saturated heterocycles. The molecule has 2 aromatic carbocycles. The molecule has 0 saturated carbocycles. The predicted molar refractivity (Wildman–Crippen MR) is 68.8 cm³/mol. The van der Waals surface area contributed by atoms with Gasteiger partial charge >= 0.3 is 54.0 Å². The van der Waals surface area contributed by atoms with E-state index in [-0.39, 0.29) is 42.6 Å². The molecule has 0 fully saturated rings. The van der Waals surface area contributed by atoms with E-state index in [1.54, 1.807) is 30.3 Å². The van der Waals surface area contributed by atoms with Crippen LogP contribution in [-0.4, -0.2) is 57.4 Å². The van der Waals surface area contributed by atoms with Crippen LogP contribution < -0.4 is 0 Å². The van der Waals surface area contributed by atoms with Crippen LogP contribution in [0.2, 0.25) is 0 Å². The van der Waals surface area contributed by atoms with Gasteiger partial charge in [-0.25, -0.2) is 4.79 Å². The molecule has 18 heavy (non-hydrogen) atoms. The van der Waals surface area contributed by atoms with Gasteiger partial charge in [0.1, 0.15) is 4.90 Å². The Kier molecular flexibility index (Phi) is 4.98. The van der Waals surface area contributed by atoms with Crippen molar-refractivity contribution in [3.05, 3.63) is 42.5 Å². The van der Waals surface area contributed by atoms with Gasteiger partial charge in [0.15, 0.2) is 0 Å². The van der Waals surface area contributed by atoms with E-state index < -0.39 is 16.3 Å². The molecule has 1 N–H and O–H groups in total. The van der Waals surface area contributed by atoms with Crippen molar-refractivity contribution in [3.63, 3.8) is 0 Å². The van der Waals surface area contributed by atoms with E-state index in [2.05, 4.69) is 4.18 Å². The number of rotatable bonds is 2. The van der Waals surface area contributed by atoms with Gasteiger partial charge in [-0.3, -0.25) is 0 Å². The summed E-state index contributed by atoms with van der Waals surface area (Å²) in [6, 6.07) is 11.3. The van der Waals surface area contributed by atoms with E-state index in [1.807, 2.05) is 0 Å². The van der Waals surface area contributed by atoms with E-state index in [9.17, 15) is 13.2 Å². The minimum absolute atomic E-state index is 0. The monoisotopic (exact) mass is 294 g/mol. The Balaban J connectivity index is 0.00000162. The van der Waals surface area contributed by atoms with Crippen LogP contribution in [0.5, 0.6) is 0 Å². The van der Waals surface area contributed by atoms with Crippen molar-refractivity contribution in [2.45, 2.75) is 4.90 Å². The van der Waals surface area contributed by atoms with Gasteiger partial charge in [0.2, 0.25) is 0 Å². The average molecular weight is 294 g/mol. The zero-order valence-corrected chi connectivity index (χ0v) is 9.35. The molecule has 0 amide bonds. The van der Waals surface area contributed by atoms with Crippen LogP contribution in [0.4, 0.5) is 4.79 Å². The third-order valence-electron chi connectivity index (χ3n) is 2.20. The maximum atomic E-state index is 11.7. The van der Waals surface area contributed by atoms with Gasteiger partial charge in [-0.05, 0) is 11.5 Å². The molecule has 0 unspecified atom stereocenters. The zero-order chi connectivity index (χ0) is 12.5. The molecule has 0 spiro atoms. The van der Waals surface area contributed by atoms with Gasteiger partial charge in [-0.2, -0.15) is 8.42 Å². The summed E-state index contributed by atoms with van der Waals surface area (Å²) in [5, 5.41) is 9.51. The van der Waals surface area contributed by atoms with Gasteiger partial charge in [0, 0.05) is 5.39 Å². The number of carbonyl (C=O) groups is 1. The molecule has 0 aliphatic rings. The molecular weight excluding hydrogens is 284 g/mol. The SMILES string of the molecule is O=C(O)OS(=O)(=O)c1cccc2ccccc12.[CaH2]. The second-order valence-electron chi connectivity index (χ2n) is 3.28. The van der Waals surface area contributed by atoms with Crippen molar-refractivity contribution >= 4 is 64.8 Å². The summed E-state index contributed by atoms with van der Waals surface area (Å²) in [6.07, 6.45) is -1.85. The van der Waals surface area contributed by atoms with Gasteiger partial charge < -0.3 is 9.29 Å². The molecule has 0 aromatic heterocycles. The van der Waals surface area contributed by atoms with Crippen LogP contribution >= 0.6 is 0 Å². The first-order valence-electron chi connectivity index (χ1n) is 4.66. The molecular formula is C11H10CaO5S. The first-order chi connectivity index (χ1) is 8.00. The van der Waals surface area contributed by atoms with E-state index in [4.69, 9.17) is 5.11 Å². The van der Waals surface area contributed by atoms with Crippen LogP contribution in [0, 0.1) is 0 Å². The molecule has 2 aromatic rings. The Hall–Kier alpha value is -0.820. The molecule has 5 nitrogen and oxygen atoms in total. The van der Waals surface area contributed by atoms with Crippen LogP contribution in [0.25, 0.3) is 10.8 Å². The molecule has 0 heterocycles. The Morgan fingerprint density at radius 1 is 1.06 bits per heavy atom. The summed E-state index contributed by atoms with van der Waals surface area (Å²) < 4.78 is 27.2. The quantitative estimate of drug-likeness (QED) is 0.667. The first-order valence-corrected chi connectivity index (χ1v) is 6.07. The van der Waals surface area contributed by atoms with Crippen molar-refractivity contribution in [2.75, 3.05) is 0 Å². The van der Waals surface area contributed by atoms with Crippen molar-refractivity contribution in [1.82, 2.24) is 0 Å². The minimum atomic E-state index is -4.29. The van der Waals surface area contributed by atoms with Gasteiger partial charge in [-0.15, -0.1) is 0 Å². The molecule has 0 aliphatic heterocycles. The zero-order valence-electron chi connectivity index (χ0n) is 8.53. The van der Waals surface area contributed by atoms with E-state index in [0.717, 1.165) is 0 Å². The second kappa shape index (κ2) is 5.88. The molecule has 92 valence electrons. The average Bonchev–Trinajstić information content (AvgIpc) is 2.26. The fourth-order valence-corrected chi connectivity index (χ4v) is 2.53. The summed E-state index contributed by atoms with van der Waals surface area (Å²) in [5.41, 5.74) is 0. The van der Waals surface area contributed by atoms with E-state index in [1.165, 1.54) is 12.1 Å². The summed E-state index contributed by atoms with van der Waals surface area (Å²) >= 11 is 0. The van der Waals surface area contributed by atoms with Gasteiger partial charge in [-0.1, -0.05) is 36.4 Å². The van der Waals surface area contributed by atoms with Gasteiger partial charge in [0.25, 0.3) is 0 Å². The van der Waals surface area contributed by atoms with Crippen LogP contribution in [0.3, 0.4) is 0 Å². The van der Waals surface area contributed by atoms with Crippen molar-refractivity contribution in [3.8, 4) is 0 Å². The molecule has 2 rings (SSSR count). The Morgan fingerprint density at radius 2 is 1.67 bits per heavy atom. The Labute approximate surface area is 133 Å². The number of fused-ring (bicyclic) bond motifs is 1. The second-order valence-corrected chi connectivity index (χ2v) is 4.80. The van der Waals surface area contributed by atoms with Crippen molar-refractivity contribution < 1.29 is 22.5 Å². The summed E-state index contributed by atoms with van der Waals surface area (Å²) in [7, 11) is -4.29. The molecule has 7 heteroatoms. The third-order valence-corrected chi connectivity index (χ3v) is 3.46. The fourth-order valence-electron chi connectivity index (χ4n) is 1.55. The normalized spacial score (nSPS) is 10.7. The molecule has 0 radical (unpaired) electrons. The standard InChI is InChI=1S/C11H8O5S.Ca.2H/c12-11(13)16-17(14,15)10-7-3-5-8-4-1-2-6-9(8)10;;;/h1-7H,(H,12,13);;;. The van der Waals surface area contributed by atoms with Crippen LogP contribution in [0.1, 0.15) is 0 Å². The van der Waals surface area contributed by atoms with E-state index in [0.29, 0.717) is 10.8 Å². The predicted octanol–water partition coefficient (Wildman–Crippen LogP) is 1.31. The summed E-state index contributed by atoms with van der Waals surface area (Å²) in [4.78, 5) is 10.2. The van der Waals surface area contributed by atoms with Crippen LogP contribution in [0.15, 0.2) is 47.4 Å². The third kappa shape index (κ3) is 3.14. The molecule has 0 bridgehead atoms. The number of hydrogen-bond acceptors (Lipinski definition) is 4. The number of benzene rings is 2. The number of carboxylic acid groups (broad SMARTS) is 1. The molecule has 0 atom stereocenters. The Morgan fingerprint density at radius 3 is 2.33 bits per heavy atom. The topological polar surface area (TPSA) is 80.7 Å². The number of hydrogen-bond donors (Lipinski definition) is 1. The Bertz CT molecular complexity index is 675.